The van der Waals surface area contributed by atoms with Gasteiger partial charge in [0, 0.05) is 13.1 Å². The third-order valence-electron chi connectivity index (χ3n) is 6.41. The van der Waals surface area contributed by atoms with E-state index in [-0.39, 0.29) is 17.3 Å². The van der Waals surface area contributed by atoms with Crippen LogP contribution in [0.25, 0.3) is 0 Å². The molecule has 2 amide bonds. The molecule has 1 atom stereocenters. The van der Waals surface area contributed by atoms with Crippen molar-refractivity contribution >= 4 is 27.5 Å². The van der Waals surface area contributed by atoms with Gasteiger partial charge in [0.15, 0.2) is 0 Å². The number of hydrogen-bond acceptors (Lipinski definition) is 4. The monoisotopic (exact) mass is 535 g/mol. The SMILES string of the molecule is CCCNC(=O)C(CC)N(CCc1ccccc1)C(=O)CN(c1ccccc1C)S(=O)(=O)c1ccccc1. The van der Waals surface area contributed by atoms with E-state index in [2.05, 4.69) is 5.32 Å². The number of anilines is 1. The first-order valence-corrected chi connectivity index (χ1v) is 14.5. The molecule has 1 N–H and O–H groups in total. The van der Waals surface area contributed by atoms with Gasteiger partial charge in [-0.15, -0.1) is 0 Å². The number of benzene rings is 3. The van der Waals surface area contributed by atoms with Gasteiger partial charge in [0.1, 0.15) is 12.6 Å². The average Bonchev–Trinajstić information content (AvgIpc) is 2.94. The molecule has 0 aliphatic heterocycles. The third kappa shape index (κ3) is 7.22. The molecule has 38 heavy (non-hydrogen) atoms. The molecule has 0 saturated heterocycles. The molecule has 0 aliphatic rings. The minimum Gasteiger partial charge on any atom is -0.354 e. The van der Waals surface area contributed by atoms with E-state index in [9.17, 15) is 18.0 Å². The van der Waals surface area contributed by atoms with Crippen molar-refractivity contribution in [3.05, 3.63) is 96.1 Å². The molecular weight excluding hydrogens is 498 g/mol. The van der Waals surface area contributed by atoms with E-state index in [0.29, 0.717) is 25.1 Å². The van der Waals surface area contributed by atoms with Crippen molar-refractivity contribution in [3.63, 3.8) is 0 Å². The molecule has 0 radical (unpaired) electrons. The molecule has 0 aromatic heterocycles. The van der Waals surface area contributed by atoms with E-state index in [4.69, 9.17) is 0 Å². The van der Waals surface area contributed by atoms with Crippen molar-refractivity contribution in [2.24, 2.45) is 0 Å². The summed E-state index contributed by atoms with van der Waals surface area (Å²) in [4.78, 5) is 28.7. The first-order chi connectivity index (χ1) is 18.3. The Balaban J connectivity index is 1.99. The molecular formula is C30H37N3O4S. The van der Waals surface area contributed by atoms with Crippen molar-refractivity contribution in [1.29, 1.82) is 0 Å². The Bertz CT molecular complexity index is 1300. The second-order valence-electron chi connectivity index (χ2n) is 9.15. The number of hydrogen-bond donors (Lipinski definition) is 1. The molecule has 0 bridgehead atoms. The smallest absolute Gasteiger partial charge is 0.264 e. The van der Waals surface area contributed by atoms with Crippen LogP contribution in [-0.4, -0.2) is 50.8 Å². The van der Waals surface area contributed by atoms with Crippen molar-refractivity contribution in [2.75, 3.05) is 23.9 Å². The predicted molar refractivity (Wildman–Crippen MR) is 151 cm³/mol. The van der Waals surface area contributed by atoms with E-state index in [1.807, 2.05) is 63.2 Å². The molecule has 1 unspecified atom stereocenters. The zero-order valence-corrected chi connectivity index (χ0v) is 23.2. The molecule has 0 saturated carbocycles. The van der Waals surface area contributed by atoms with E-state index in [1.165, 1.54) is 17.0 Å². The number of rotatable bonds is 13. The van der Waals surface area contributed by atoms with E-state index < -0.39 is 28.5 Å². The summed E-state index contributed by atoms with van der Waals surface area (Å²) in [7, 11) is -4.05. The number of carbonyl (C=O) groups is 2. The highest BCUT2D eigenvalue weighted by atomic mass is 32.2. The summed E-state index contributed by atoms with van der Waals surface area (Å²) in [6.07, 6.45) is 1.72. The Kier molecular flexibility index (Phi) is 10.5. The molecule has 0 spiro atoms. The van der Waals surface area contributed by atoms with Crippen LogP contribution in [0.5, 0.6) is 0 Å². The van der Waals surface area contributed by atoms with Crippen molar-refractivity contribution < 1.29 is 18.0 Å². The number of nitrogens with one attached hydrogen (secondary N) is 1. The molecule has 3 aromatic rings. The quantitative estimate of drug-likeness (QED) is 0.348. The van der Waals surface area contributed by atoms with Gasteiger partial charge in [-0.05, 0) is 55.5 Å². The molecule has 8 heteroatoms. The van der Waals surface area contributed by atoms with Gasteiger partial charge >= 0.3 is 0 Å². The fourth-order valence-corrected chi connectivity index (χ4v) is 5.84. The van der Waals surface area contributed by atoms with Gasteiger partial charge in [-0.3, -0.25) is 13.9 Å². The normalized spacial score (nSPS) is 12.0. The van der Waals surface area contributed by atoms with Crippen molar-refractivity contribution in [1.82, 2.24) is 10.2 Å². The van der Waals surface area contributed by atoms with Crippen LogP contribution in [0.4, 0.5) is 5.69 Å². The van der Waals surface area contributed by atoms with Crippen LogP contribution in [0, 0.1) is 6.92 Å². The van der Waals surface area contributed by atoms with Gasteiger partial charge < -0.3 is 10.2 Å². The van der Waals surface area contributed by atoms with Crippen LogP contribution in [0.15, 0.2) is 89.8 Å². The van der Waals surface area contributed by atoms with Crippen LogP contribution in [0.2, 0.25) is 0 Å². The van der Waals surface area contributed by atoms with Gasteiger partial charge in [0.25, 0.3) is 10.0 Å². The first kappa shape index (κ1) is 28.9. The van der Waals surface area contributed by atoms with Crippen LogP contribution < -0.4 is 9.62 Å². The van der Waals surface area contributed by atoms with Gasteiger partial charge in [0.2, 0.25) is 11.8 Å². The van der Waals surface area contributed by atoms with E-state index >= 15 is 0 Å². The molecule has 0 aliphatic carbocycles. The van der Waals surface area contributed by atoms with Crippen LogP contribution in [0.3, 0.4) is 0 Å². The lowest BCUT2D eigenvalue weighted by molar-refractivity contribution is -0.139. The molecule has 3 aromatic carbocycles. The molecule has 202 valence electrons. The zero-order valence-electron chi connectivity index (χ0n) is 22.3. The topological polar surface area (TPSA) is 86.8 Å². The highest BCUT2D eigenvalue weighted by Gasteiger charge is 2.33. The average molecular weight is 536 g/mol. The predicted octanol–water partition coefficient (Wildman–Crippen LogP) is 4.57. The Morgan fingerprint density at radius 2 is 1.47 bits per heavy atom. The number of aryl methyl sites for hydroxylation is 1. The molecule has 3 rings (SSSR count). The van der Waals surface area contributed by atoms with Crippen LogP contribution in [-0.2, 0) is 26.0 Å². The zero-order chi connectivity index (χ0) is 27.5. The molecule has 0 heterocycles. The van der Waals surface area contributed by atoms with Crippen LogP contribution >= 0.6 is 0 Å². The van der Waals surface area contributed by atoms with Crippen LogP contribution in [0.1, 0.15) is 37.8 Å². The number of amides is 2. The van der Waals surface area contributed by atoms with Gasteiger partial charge in [-0.1, -0.05) is 80.6 Å². The van der Waals surface area contributed by atoms with Crippen molar-refractivity contribution in [3.8, 4) is 0 Å². The largest absolute Gasteiger partial charge is 0.354 e. The van der Waals surface area contributed by atoms with E-state index in [1.54, 1.807) is 30.3 Å². The number of nitrogens with zero attached hydrogens (tertiary/aromatic N) is 2. The summed E-state index contributed by atoms with van der Waals surface area (Å²) in [6.45, 7) is 6.01. The Morgan fingerprint density at radius 3 is 2.08 bits per heavy atom. The highest BCUT2D eigenvalue weighted by molar-refractivity contribution is 7.92. The summed E-state index contributed by atoms with van der Waals surface area (Å²) >= 11 is 0. The Morgan fingerprint density at radius 1 is 0.868 bits per heavy atom. The minimum atomic E-state index is -4.05. The second kappa shape index (κ2) is 13.8. The second-order valence-corrected chi connectivity index (χ2v) is 11.0. The van der Waals surface area contributed by atoms with Gasteiger partial charge in [-0.25, -0.2) is 8.42 Å². The summed E-state index contributed by atoms with van der Waals surface area (Å²) in [5.41, 5.74) is 2.18. The highest BCUT2D eigenvalue weighted by Crippen LogP contribution is 2.27. The fraction of sp³-hybridized carbons (Fsp3) is 0.333. The maximum Gasteiger partial charge on any atom is 0.264 e. The lowest BCUT2D eigenvalue weighted by atomic mass is 10.1. The summed E-state index contributed by atoms with van der Waals surface area (Å²) in [5.74, 6) is -0.661. The Labute approximate surface area is 226 Å². The standard InChI is InChI=1S/C30H37N3O4S/c1-4-21-31-30(35)27(5-2)32(22-20-25-15-8-6-9-16-25)29(34)23-33(28-19-13-12-14-24(28)3)38(36,37)26-17-10-7-11-18-26/h6-19,27H,4-5,20-23H2,1-3H3,(H,31,35). The molecule has 0 fully saturated rings. The minimum absolute atomic E-state index is 0.0969. The number of sulfonamides is 1. The van der Waals surface area contributed by atoms with Gasteiger partial charge in [0.05, 0.1) is 10.6 Å². The lowest BCUT2D eigenvalue weighted by Crippen LogP contribution is -2.53. The summed E-state index contributed by atoms with van der Waals surface area (Å²) in [6, 6.07) is 24.2. The Hall–Kier alpha value is -3.65. The van der Waals surface area contributed by atoms with Gasteiger partial charge in [-0.2, -0.15) is 0 Å². The lowest BCUT2D eigenvalue weighted by Gasteiger charge is -2.33. The van der Waals surface area contributed by atoms with E-state index in [0.717, 1.165) is 21.9 Å². The maximum absolute atomic E-state index is 14.0. The first-order valence-electron chi connectivity index (χ1n) is 13.0. The third-order valence-corrected chi connectivity index (χ3v) is 8.19. The van der Waals surface area contributed by atoms with Crippen molar-refractivity contribution in [2.45, 2.75) is 51.0 Å². The number of para-hydroxylation sites is 1. The number of carbonyl (C=O) groups excluding carboxylic acids is 2. The summed E-state index contributed by atoms with van der Waals surface area (Å²) in [5, 5.41) is 2.90. The molecule has 7 nitrogen and oxygen atoms in total. The maximum atomic E-state index is 14.0. The summed E-state index contributed by atoms with van der Waals surface area (Å²) < 4.78 is 28.8. The fourth-order valence-electron chi connectivity index (χ4n) is 4.34.